The first-order valence-corrected chi connectivity index (χ1v) is 8.56. The van der Waals surface area contributed by atoms with Gasteiger partial charge in [-0.1, -0.05) is 6.92 Å². The zero-order chi connectivity index (χ0) is 15.0. The van der Waals surface area contributed by atoms with Gasteiger partial charge in [-0.05, 0) is 31.9 Å². The molecule has 0 radical (unpaired) electrons. The number of rotatable bonds is 8. The molecule has 0 aromatic carbocycles. The summed E-state index contributed by atoms with van der Waals surface area (Å²) in [5.74, 6) is 1.18. The van der Waals surface area contributed by atoms with Crippen LogP contribution in [0, 0.1) is 0 Å². The number of carbonyl (C=O) groups excluding carboxylic acids is 1. The topological polar surface area (TPSA) is 71.1 Å². The van der Waals surface area contributed by atoms with Crippen LogP contribution in [0.4, 0.5) is 5.82 Å². The van der Waals surface area contributed by atoms with E-state index in [1.807, 2.05) is 6.92 Å². The van der Waals surface area contributed by atoms with Gasteiger partial charge in [0.2, 0.25) is 0 Å². The van der Waals surface area contributed by atoms with Gasteiger partial charge in [0.15, 0.2) is 0 Å². The molecule has 1 aromatic heterocycles. The minimum atomic E-state index is -0.824. The van der Waals surface area contributed by atoms with Crippen LogP contribution in [0.1, 0.15) is 37.0 Å². The summed E-state index contributed by atoms with van der Waals surface area (Å²) < 4.78 is 11.0. The first-order valence-electron chi connectivity index (χ1n) is 6.83. The van der Waals surface area contributed by atoms with Gasteiger partial charge in [0, 0.05) is 47.2 Å². The van der Waals surface area contributed by atoms with E-state index >= 15 is 0 Å². The van der Waals surface area contributed by atoms with Crippen LogP contribution in [0.5, 0.6) is 0 Å². The molecular weight excluding hydrogens is 274 g/mol. The SMILES string of the molecule is CCCNc1cc(C(=O)NC(C)CCS(C)=O)ccn1. The Morgan fingerprint density at radius 3 is 2.90 bits per heavy atom. The van der Waals surface area contributed by atoms with E-state index in [2.05, 4.69) is 22.5 Å². The summed E-state index contributed by atoms with van der Waals surface area (Å²) in [5, 5.41) is 6.06. The van der Waals surface area contributed by atoms with Gasteiger partial charge in [-0.3, -0.25) is 9.00 Å². The number of amides is 1. The van der Waals surface area contributed by atoms with Crippen molar-refractivity contribution in [3.05, 3.63) is 23.9 Å². The molecule has 0 aliphatic heterocycles. The third kappa shape index (κ3) is 6.14. The Balaban J connectivity index is 2.56. The van der Waals surface area contributed by atoms with E-state index in [1.165, 1.54) is 0 Å². The van der Waals surface area contributed by atoms with E-state index in [0.717, 1.165) is 13.0 Å². The Morgan fingerprint density at radius 2 is 2.25 bits per heavy atom. The minimum Gasteiger partial charge on any atom is -0.370 e. The van der Waals surface area contributed by atoms with Crippen molar-refractivity contribution in [1.82, 2.24) is 10.3 Å². The molecule has 0 saturated carbocycles. The summed E-state index contributed by atoms with van der Waals surface area (Å²) in [7, 11) is -0.824. The van der Waals surface area contributed by atoms with E-state index < -0.39 is 10.8 Å². The van der Waals surface area contributed by atoms with Crippen LogP contribution in [0.2, 0.25) is 0 Å². The van der Waals surface area contributed by atoms with E-state index in [0.29, 0.717) is 23.6 Å². The number of hydrogen-bond donors (Lipinski definition) is 2. The molecule has 2 atom stereocenters. The second kappa shape index (κ2) is 8.68. The van der Waals surface area contributed by atoms with Crippen LogP contribution >= 0.6 is 0 Å². The predicted molar refractivity (Wildman–Crippen MR) is 83.5 cm³/mol. The van der Waals surface area contributed by atoms with Crippen LogP contribution in [0.3, 0.4) is 0 Å². The zero-order valence-corrected chi connectivity index (χ0v) is 13.1. The van der Waals surface area contributed by atoms with Crippen LogP contribution in [0.25, 0.3) is 0 Å². The van der Waals surface area contributed by atoms with Crippen molar-refractivity contribution >= 4 is 22.5 Å². The first-order chi connectivity index (χ1) is 9.52. The number of pyridine rings is 1. The van der Waals surface area contributed by atoms with Crippen molar-refractivity contribution in [1.29, 1.82) is 0 Å². The lowest BCUT2D eigenvalue weighted by Crippen LogP contribution is -2.33. The molecule has 0 aliphatic rings. The van der Waals surface area contributed by atoms with E-state index in [-0.39, 0.29) is 11.9 Å². The highest BCUT2D eigenvalue weighted by atomic mass is 32.2. The number of nitrogens with zero attached hydrogens (tertiary/aromatic N) is 1. The number of aromatic nitrogens is 1. The molecule has 0 spiro atoms. The Labute approximate surface area is 123 Å². The molecular formula is C14H23N3O2S. The molecule has 0 fully saturated rings. The fourth-order valence-corrected chi connectivity index (χ4v) is 2.33. The van der Waals surface area contributed by atoms with Crippen molar-refractivity contribution in [2.24, 2.45) is 0 Å². The third-order valence-corrected chi connectivity index (χ3v) is 3.60. The predicted octanol–water partition coefficient (Wildman–Crippen LogP) is 1.79. The van der Waals surface area contributed by atoms with E-state index in [1.54, 1.807) is 24.6 Å². The van der Waals surface area contributed by atoms with E-state index in [4.69, 9.17) is 0 Å². The maximum absolute atomic E-state index is 12.1. The highest BCUT2D eigenvalue weighted by Crippen LogP contribution is 2.07. The average molecular weight is 297 g/mol. The molecule has 6 heteroatoms. The Kier molecular flexibility index (Phi) is 7.22. The van der Waals surface area contributed by atoms with Gasteiger partial charge in [0.25, 0.3) is 5.91 Å². The minimum absolute atomic E-state index is 0.00613. The molecule has 2 unspecified atom stereocenters. The Morgan fingerprint density at radius 1 is 1.50 bits per heavy atom. The summed E-state index contributed by atoms with van der Waals surface area (Å²) >= 11 is 0. The lowest BCUT2D eigenvalue weighted by Gasteiger charge is -2.13. The number of hydrogen-bond acceptors (Lipinski definition) is 4. The average Bonchev–Trinajstić information content (AvgIpc) is 2.43. The van der Waals surface area contributed by atoms with Crippen LogP contribution < -0.4 is 10.6 Å². The molecule has 5 nitrogen and oxygen atoms in total. The smallest absolute Gasteiger partial charge is 0.251 e. The van der Waals surface area contributed by atoms with Gasteiger partial charge < -0.3 is 10.6 Å². The molecule has 20 heavy (non-hydrogen) atoms. The Hall–Kier alpha value is -1.43. The second-order valence-electron chi connectivity index (χ2n) is 4.80. The normalized spacial score (nSPS) is 13.6. The number of nitrogens with one attached hydrogen (secondary N) is 2. The fraction of sp³-hybridized carbons (Fsp3) is 0.571. The summed E-state index contributed by atoms with van der Waals surface area (Å²) in [5.41, 5.74) is 0.586. The highest BCUT2D eigenvalue weighted by Gasteiger charge is 2.11. The lowest BCUT2D eigenvalue weighted by molar-refractivity contribution is 0.0939. The standard InChI is InChI=1S/C14H23N3O2S/c1-4-7-15-13-10-12(5-8-16-13)14(18)17-11(2)6-9-20(3)19/h5,8,10-11H,4,6-7,9H2,1-3H3,(H,15,16)(H,17,18). The molecule has 1 amide bonds. The molecule has 0 saturated heterocycles. The van der Waals surface area contributed by atoms with Gasteiger partial charge in [0.1, 0.15) is 5.82 Å². The third-order valence-electron chi connectivity index (χ3n) is 2.79. The molecule has 1 rings (SSSR count). The summed E-state index contributed by atoms with van der Waals surface area (Å²) in [6, 6.07) is 3.44. The molecule has 0 bridgehead atoms. The van der Waals surface area contributed by atoms with Crippen molar-refractivity contribution in [3.8, 4) is 0 Å². The van der Waals surface area contributed by atoms with Crippen LogP contribution in [-0.2, 0) is 10.8 Å². The monoisotopic (exact) mass is 297 g/mol. The zero-order valence-electron chi connectivity index (χ0n) is 12.3. The maximum atomic E-state index is 12.1. The fourth-order valence-electron chi connectivity index (χ4n) is 1.64. The van der Waals surface area contributed by atoms with Gasteiger partial charge in [0.05, 0.1) is 0 Å². The molecule has 0 aliphatic carbocycles. The lowest BCUT2D eigenvalue weighted by atomic mass is 10.2. The summed E-state index contributed by atoms with van der Waals surface area (Å²) in [6.45, 7) is 4.82. The molecule has 1 heterocycles. The van der Waals surface area contributed by atoms with Gasteiger partial charge >= 0.3 is 0 Å². The molecule has 1 aromatic rings. The summed E-state index contributed by atoms with van der Waals surface area (Å²) in [6.07, 6.45) is 5.01. The first kappa shape index (κ1) is 16.6. The Bertz CT molecular complexity index is 465. The van der Waals surface area contributed by atoms with Crippen molar-refractivity contribution in [3.63, 3.8) is 0 Å². The molecule has 112 valence electrons. The second-order valence-corrected chi connectivity index (χ2v) is 6.35. The van der Waals surface area contributed by atoms with Crippen molar-refractivity contribution in [2.75, 3.05) is 23.9 Å². The van der Waals surface area contributed by atoms with E-state index in [9.17, 15) is 9.00 Å². The quantitative estimate of drug-likeness (QED) is 0.767. The van der Waals surface area contributed by atoms with Crippen molar-refractivity contribution in [2.45, 2.75) is 32.7 Å². The van der Waals surface area contributed by atoms with Gasteiger partial charge in [-0.25, -0.2) is 4.98 Å². The van der Waals surface area contributed by atoms with Crippen LogP contribution in [0.15, 0.2) is 18.3 Å². The largest absolute Gasteiger partial charge is 0.370 e. The highest BCUT2D eigenvalue weighted by molar-refractivity contribution is 7.84. The van der Waals surface area contributed by atoms with Crippen molar-refractivity contribution < 1.29 is 9.00 Å². The number of carbonyl (C=O) groups is 1. The van der Waals surface area contributed by atoms with Crippen LogP contribution in [-0.4, -0.2) is 39.7 Å². The number of anilines is 1. The maximum Gasteiger partial charge on any atom is 0.251 e. The molecule has 2 N–H and O–H groups in total. The van der Waals surface area contributed by atoms with Gasteiger partial charge in [-0.2, -0.15) is 0 Å². The summed E-state index contributed by atoms with van der Waals surface area (Å²) in [4.78, 5) is 16.2. The van der Waals surface area contributed by atoms with Gasteiger partial charge in [-0.15, -0.1) is 0 Å².